The van der Waals surface area contributed by atoms with Crippen molar-refractivity contribution in [2.75, 3.05) is 6.61 Å². The minimum Gasteiger partial charge on any atom is -0.384 e. The summed E-state index contributed by atoms with van der Waals surface area (Å²) in [6.45, 7) is 1.74. The van der Waals surface area contributed by atoms with Gasteiger partial charge in [-0.25, -0.2) is 0 Å². The van der Waals surface area contributed by atoms with Gasteiger partial charge in [0.05, 0.1) is 6.42 Å². The molecule has 0 aliphatic carbocycles. The Bertz CT molecular complexity index is 269. The van der Waals surface area contributed by atoms with Crippen LogP contribution in [0, 0.1) is 35.5 Å². The lowest BCUT2D eigenvalue weighted by Gasteiger charge is -1.76. The minimum atomic E-state index is -0.0804. The zero-order valence-electron chi connectivity index (χ0n) is 7.28. The van der Waals surface area contributed by atoms with Gasteiger partial charge < -0.3 is 5.11 Å². The van der Waals surface area contributed by atoms with Gasteiger partial charge >= 0.3 is 0 Å². The van der Waals surface area contributed by atoms with Gasteiger partial charge in [-0.2, -0.15) is 0 Å². The highest BCUT2D eigenvalue weighted by Crippen LogP contribution is 1.83. The van der Waals surface area contributed by atoms with E-state index in [-0.39, 0.29) is 6.61 Å². The van der Waals surface area contributed by atoms with Crippen LogP contribution in [-0.4, -0.2) is 11.7 Å². The Kier molecular flexibility index (Phi) is 8.55. The molecule has 0 atom stereocenters. The highest BCUT2D eigenvalue weighted by Gasteiger charge is 1.72. The molecular formula is C11H12O. The van der Waals surface area contributed by atoms with Crippen molar-refractivity contribution in [2.45, 2.75) is 26.2 Å². The fourth-order valence-electron chi connectivity index (χ4n) is 0.563. The van der Waals surface area contributed by atoms with Gasteiger partial charge in [0.15, 0.2) is 0 Å². The fraction of sp³-hybridized carbons (Fsp3) is 0.455. The van der Waals surface area contributed by atoms with Crippen molar-refractivity contribution in [1.29, 1.82) is 0 Å². The van der Waals surface area contributed by atoms with Gasteiger partial charge in [0.1, 0.15) is 6.61 Å². The molecule has 0 saturated heterocycles. The molecule has 0 aliphatic heterocycles. The summed E-state index contributed by atoms with van der Waals surface area (Å²) in [6.07, 6.45) is 2.18. The predicted molar refractivity (Wildman–Crippen MR) is 49.9 cm³/mol. The van der Waals surface area contributed by atoms with Crippen LogP contribution >= 0.6 is 0 Å². The Morgan fingerprint density at radius 3 is 2.25 bits per heavy atom. The highest BCUT2D eigenvalue weighted by molar-refractivity contribution is 5.12. The smallest absolute Gasteiger partial charge is 0.104 e. The number of aliphatic hydroxyl groups excluding tert-OH is 1. The van der Waals surface area contributed by atoms with Crippen molar-refractivity contribution in [1.82, 2.24) is 0 Å². The maximum Gasteiger partial charge on any atom is 0.104 e. The molecular weight excluding hydrogens is 148 g/mol. The second-order valence-electron chi connectivity index (χ2n) is 1.97. The van der Waals surface area contributed by atoms with Crippen LogP contribution < -0.4 is 0 Å². The van der Waals surface area contributed by atoms with E-state index in [0.717, 1.165) is 12.8 Å². The van der Waals surface area contributed by atoms with E-state index in [1.165, 1.54) is 0 Å². The van der Waals surface area contributed by atoms with E-state index in [0.29, 0.717) is 6.42 Å². The molecule has 1 N–H and O–H groups in total. The van der Waals surface area contributed by atoms with Crippen LogP contribution in [0.1, 0.15) is 26.2 Å². The first-order valence-electron chi connectivity index (χ1n) is 3.83. The van der Waals surface area contributed by atoms with Crippen LogP contribution in [0.25, 0.3) is 0 Å². The van der Waals surface area contributed by atoms with Crippen LogP contribution in [0.4, 0.5) is 0 Å². The molecule has 0 aromatic heterocycles. The lowest BCUT2D eigenvalue weighted by Crippen LogP contribution is -1.71. The molecule has 0 bridgehead atoms. The van der Waals surface area contributed by atoms with Gasteiger partial charge in [-0.1, -0.05) is 17.8 Å². The molecule has 0 rings (SSSR count). The Morgan fingerprint density at radius 2 is 1.58 bits per heavy atom. The molecule has 0 saturated carbocycles. The SMILES string of the molecule is CC#CCCC#CCC#CCO. The standard InChI is InChI=1S/C11H12O/c1-2-3-4-5-6-7-8-9-10-11-12/h12H,4-5,8,11H2,1H3. The predicted octanol–water partition coefficient (Wildman–Crippen LogP) is 1.18. The number of hydrogen-bond acceptors (Lipinski definition) is 1. The van der Waals surface area contributed by atoms with Gasteiger partial charge in [-0.3, -0.25) is 0 Å². The molecule has 0 fully saturated rings. The summed E-state index contributed by atoms with van der Waals surface area (Å²) >= 11 is 0. The zero-order valence-corrected chi connectivity index (χ0v) is 7.28. The lowest BCUT2D eigenvalue weighted by atomic mass is 10.3. The van der Waals surface area contributed by atoms with Crippen LogP contribution in [0.3, 0.4) is 0 Å². The molecule has 1 nitrogen and oxygen atoms in total. The Labute approximate surface area is 74.2 Å². The minimum absolute atomic E-state index is 0.0804. The summed E-state index contributed by atoms with van der Waals surface area (Å²) in [5, 5.41) is 8.30. The molecule has 1 heteroatoms. The van der Waals surface area contributed by atoms with Gasteiger partial charge in [0.25, 0.3) is 0 Å². The highest BCUT2D eigenvalue weighted by atomic mass is 16.2. The van der Waals surface area contributed by atoms with E-state index in [1.807, 2.05) is 6.92 Å². The summed E-state index contributed by atoms with van der Waals surface area (Å²) in [5.74, 6) is 16.8. The third-order valence-corrected chi connectivity index (χ3v) is 1.06. The van der Waals surface area contributed by atoms with Gasteiger partial charge in [-0.05, 0) is 6.92 Å². The second-order valence-corrected chi connectivity index (χ2v) is 1.97. The summed E-state index contributed by atoms with van der Waals surface area (Å²) < 4.78 is 0. The molecule has 0 unspecified atom stereocenters. The van der Waals surface area contributed by atoms with Crippen molar-refractivity contribution in [3.63, 3.8) is 0 Å². The van der Waals surface area contributed by atoms with E-state index in [2.05, 4.69) is 35.5 Å². The topological polar surface area (TPSA) is 20.2 Å². The fourth-order valence-corrected chi connectivity index (χ4v) is 0.563. The molecule has 0 aromatic carbocycles. The first-order chi connectivity index (χ1) is 5.91. The monoisotopic (exact) mass is 160 g/mol. The number of hydrogen-bond donors (Lipinski definition) is 1. The van der Waals surface area contributed by atoms with Crippen LogP contribution in [0.15, 0.2) is 0 Å². The zero-order chi connectivity index (χ0) is 9.07. The van der Waals surface area contributed by atoms with Gasteiger partial charge in [0.2, 0.25) is 0 Å². The Hall–Kier alpha value is -1.36. The van der Waals surface area contributed by atoms with E-state index in [4.69, 9.17) is 5.11 Å². The van der Waals surface area contributed by atoms with E-state index in [9.17, 15) is 0 Å². The average Bonchev–Trinajstić information content (AvgIpc) is 2.10. The molecule has 0 amide bonds. The largest absolute Gasteiger partial charge is 0.384 e. The quantitative estimate of drug-likeness (QED) is 0.451. The Balaban J connectivity index is 3.39. The van der Waals surface area contributed by atoms with Gasteiger partial charge in [0, 0.05) is 12.8 Å². The van der Waals surface area contributed by atoms with E-state index >= 15 is 0 Å². The van der Waals surface area contributed by atoms with Gasteiger partial charge in [-0.15, -0.1) is 17.8 Å². The van der Waals surface area contributed by atoms with Crippen LogP contribution in [0.5, 0.6) is 0 Å². The van der Waals surface area contributed by atoms with Crippen molar-refractivity contribution in [3.8, 4) is 35.5 Å². The molecule has 0 aliphatic rings. The molecule has 62 valence electrons. The van der Waals surface area contributed by atoms with Crippen molar-refractivity contribution in [3.05, 3.63) is 0 Å². The maximum atomic E-state index is 8.30. The number of unbranched alkanes of at least 4 members (excludes halogenated alkanes) is 1. The molecule has 0 aromatic rings. The normalized spacial score (nSPS) is 6.50. The van der Waals surface area contributed by atoms with Crippen LogP contribution in [0.2, 0.25) is 0 Å². The first-order valence-corrected chi connectivity index (χ1v) is 3.83. The lowest BCUT2D eigenvalue weighted by molar-refractivity contribution is 0.350. The first kappa shape index (κ1) is 10.6. The molecule has 0 spiro atoms. The third-order valence-electron chi connectivity index (χ3n) is 1.06. The van der Waals surface area contributed by atoms with Crippen LogP contribution in [-0.2, 0) is 0 Å². The molecule has 0 radical (unpaired) electrons. The number of aliphatic hydroxyl groups is 1. The molecule has 12 heavy (non-hydrogen) atoms. The van der Waals surface area contributed by atoms with Crippen molar-refractivity contribution >= 4 is 0 Å². The summed E-state index contributed by atoms with van der Waals surface area (Å²) in [6, 6.07) is 0. The molecule has 0 heterocycles. The maximum absolute atomic E-state index is 8.30. The summed E-state index contributed by atoms with van der Waals surface area (Å²) in [7, 11) is 0. The average molecular weight is 160 g/mol. The second kappa shape index (κ2) is 9.64. The van der Waals surface area contributed by atoms with Crippen molar-refractivity contribution in [2.24, 2.45) is 0 Å². The number of rotatable bonds is 1. The van der Waals surface area contributed by atoms with E-state index < -0.39 is 0 Å². The van der Waals surface area contributed by atoms with E-state index in [1.54, 1.807) is 0 Å². The van der Waals surface area contributed by atoms with Crippen molar-refractivity contribution < 1.29 is 5.11 Å². The third kappa shape index (κ3) is 8.64. The summed E-state index contributed by atoms with van der Waals surface area (Å²) in [4.78, 5) is 0. The Morgan fingerprint density at radius 1 is 0.917 bits per heavy atom. The summed E-state index contributed by atoms with van der Waals surface area (Å²) in [5.41, 5.74) is 0.